The molecule has 1 saturated heterocycles. The molecule has 1 atom stereocenters. The Morgan fingerprint density at radius 2 is 2.27 bits per heavy atom. The molecule has 15 heavy (non-hydrogen) atoms. The molecule has 1 aliphatic heterocycles. The molecule has 1 heterocycles. The van der Waals surface area contributed by atoms with Crippen LogP contribution in [0.15, 0.2) is 18.2 Å². The molecule has 0 aromatic heterocycles. The van der Waals surface area contributed by atoms with Gasteiger partial charge in [-0.2, -0.15) is 0 Å². The van der Waals surface area contributed by atoms with Crippen molar-refractivity contribution in [3.63, 3.8) is 0 Å². The maximum atomic E-state index is 13.2. The van der Waals surface area contributed by atoms with E-state index < -0.39 is 0 Å². The van der Waals surface area contributed by atoms with E-state index in [2.05, 4.69) is 17.1 Å². The molecule has 0 spiro atoms. The summed E-state index contributed by atoms with van der Waals surface area (Å²) in [6.07, 6.45) is 0. The Bertz CT molecular complexity index is 351. The zero-order valence-electron chi connectivity index (χ0n) is 9.26. The van der Waals surface area contributed by atoms with Crippen molar-refractivity contribution in [2.75, 3.05) is 24.5 Å². The van der Waals surface area contributed by atoms with E-state index >= 15 is 0 Å². The first-order valence-corrected chi connectivity index (χ1v) is 5.42. The quantitative estimate of drug-likeness (QED) is 0.758. The van der Waals surface area contributed by atoms with E-state index in [1.807, 2.05) is 13.0 Å². The topological polar surface area (TPSA) is 15.3 Å². The zero-order valence-corrected chi connectivity index (χ0v) is 9.26. The molecule has 0 radical (unpaired) electrons. The van der Waals surface area contributed by atoms with Crippen molar-refractivity contribution in [1.82, 2.24) is 5.32 Å². The first-order chi connectivity index (χ1) is 7.18. The van der Waals surface area contributed by atoms with Crippen molar-refractivity contribution in [2.24, 2.45) is 0 Å². The van der Waals surface area contributed by atoms with Gasteiger partial charge in [-0.1, -0.05) is 6.07 Å². The molecular weight excluding hydrogens is 191 g/mol. The van der Waals surface area contributed by atoms with Crippen molar-refractivity contribution < 1.29 is 4.39 Å². The molecule has 0 amide bonds. The van der Waals surface area contributed by atoms with Crippen LogP contribution < -0.4 is 10.2 Å². The van der Waals surface area contributed by atoms with Crippen LogP contribution in [0.1, 0.15) is 12.5 Å². The Kier molecular flexibility index (Phi) is 2.91. The van der Waals surface area contributed by atoms with Gasteiger partial charge in [0.15, 0.2) is 0 Å². The van der Waals surface area contributed by atoms with Gasteiger partial charge in [0, 0.05) is 31.4 Å². The molecule has 0 bridgehead atoms. The minimum absolute atomic E-state index is 0.152. The van der Waals surface area contributed by atoms with Gasteiger partial charge in [-0.15, -0.1) is 0 Å². The highest BCUT2D eigenvalue weighted by molar-refractivity contribution is 5.54. The van der Waals surface area contributed by atoms with Gasteiger partial charge >= 0.3 is 0 Å². The standard InChI is InChI=1S/C12H17FN2/c1-9-3-4-11(13)7-12(9)15-6-5-14-8-10(15)2/h3-4,7,10,14H,5-6,8H2,1-2H3. The highest BCUT2D eigenvalue weighted by Gasteiger charge is 2.19. The van der Waals surface area contributed by atoms with Gasteiger partial charge in [0.2, 0.25) is 0 Å². The molecule has 2 nitrogen and oxygen atoms in total. The van der Waals surface area contributed by atoms with Crippen molar-refractivity contribution in [3.8, 4) is 0 Å². The van der Waals surface area contributed by atoms with Gasteiger partial charge in [-0.25, -0.2) is 4.39 Å². The second-order valence-electron chi connectivity index (χ2n) is 4.18. The Morgan fingerprint density at radius 3 is 3.00 bits per heavy atom. The van der Waals surface area contributed by atoms with Gasteiger partial charge in [-0.3, -0.25) is 0 Å². The van der Waals surface area contributed by atoms with Crippen molar-refractivity contribution in [1.29, 1.82) is 0 Å². The molecule has 3 heteroatoms. The van der Waals surface area contributed by atoms with E-state index in [0.29, 0.717) is 6.04 Å². The molecule has 1 aliphatic rings. The van der Waals surface area contributed by atoms with Crippen LogP contribution in [0, 0.1) is 12.7 Å². The number of halogens is 1. The minimum atomic E-state index is -0.152. The molecule has 1 fully saturated rings. The normalized spacial score (nSPS) is 21.8. The fourth-order valence-corrected chi connectivity index (χ4v) is 2.09. The summed E-state index contributed by atoms with van der Waals surface area (Å²) in [5.41, 5.74) is 2.18. The summed E-state index contributed by atoms with van der Waals surface area (Å²) in [6.45, 7) is 7.09. The second kappa shape index (κ2) is 4.19. The van der Waals surface area contributed by atoms with E-state index in [-0.39, 0.29) is 5.82 Å². The third-order valence-electron chi connectivity index (χ3n) is 2.98. The van der Waals surface area contributed by atoms with Crippen molar-refractivity contribution >= 4 is 5.69 Å². The van der Waals surface area contributed by atoms with Crippen LogP contribution in [-0.4, -0.2) is 25.7 Å². The SMILES string of the molecule is Cc1ccc(F)cc1N1CCNCC1C. The van der Waals surface area contributed by atoms with Gasteiger partial charge in [0.05, 0.1) is 0 Å². The third-order valence-corrected chi connectivity index (χ3v) is 2.98. The molecule has 1 aromatic rings. The number of benzene rings is 1. The lowest BCUT2D eigenvalue weighted by atomic mass is 10.1. The highest BCUT2D eigenvalue weighted by Crippen LogP contribution is 2.23. The largest absolute Gasteiger partial charge is 0.366 e. The number of nitrogens with one attached hydrogen (secondary N) is 1. The summed E-state index contributed by atoms with van der Waals surface area (Å²) < 4.78 is 13.2. The molecule has 1 unspecified atom stereocenters. The monoisotopic (exact) mass is 208 g/mol. The van der Waals surface area contributed by atoms with Crippen molar-refractivity contribution in [3.05, 3.63) is 29.6 Å². The molecule has 0 aliphatic carbocycles. The number of hydrogen-bond acceptors (Lipinski definition) is 2. The lowest BCUT2D eigenvalue weighted by molar-refractivity contribution is 0.499. The van der Waals surface area contributed by atoms with Crippen LogP contribution in [0.25, 0.3) is 0 Å². The molecule has 1 aromatic carbocycles. The smallest absolute Gasteiger partial charge is 0.125 e. The van der Waals surface area contributed by atoms with E-state index in [0.717, 1.165) is 30.9 Å². The summed E-state index contributed by atoms with van der Waals surface area (Å²) in [5.74, 6) is -0.152. The molecular formula is C12H17FN2. The van der Waals surface area contributed by atoms with Gasteiger partial charge in [-0.05, 0) is 31.5 Å². The van der Waals surface area contributed by atoms with Gasteiger partial charge in [0.1, 0.15) is 5.82 Å². The third kappa shape index (κ3) is 2.12. The van der Waals surface area contributed by atoms with Gasteiger partial charge < -0.3 is 10.2 Å². The van der Waals surface area contributed by atoms with Crippen molar-refractivity contribution in [2.45, 2.75) is 19.9 Å². The van der Waals surface area contributed by atoms with Crippen LogP contribution >= 0.6 is 0 Å². The fourth-order valence-electron chi connectivity index (χ4n) is 2.09. The Hall–Kier alpha value is -1.09. The van der Waals surface area contributed by atoms with E-state index in [4.69, 9.17) is 0 Å². The number of anilines is 1. The second-order valence-corrected chi connectivity index (χ2v) is 4.18. The van der Waals surface area contributed by atoms with E-state index in [1.165, 1.54) is 6.07 Å². The van der Waals surface area contributed by atoms with E-state index in [1.54, 1.807) is 6.07 Å². The Balaban J connectivity index is 2.30. The van der Waals surface area contributed by atoms with Crippen LogP contribution in [0.3, 0.4) is 0 Å². The van der Waals surface area contributed by atoms with Gasteiger partial charge in [0.25, 0.3) is 0 Å². The summed E-state index contributed by atoms with van der Waals surface area (Å²) in [7, 11) is 0. The maximum Gasteiger partial charge on any atom is 0.125 e. The zero-order chi connectivity index (χ0) is 10.8. The number of aryl methyl sites for hydroxylation is 1. The first kappa shape index (κ1) is 10.4. The molecule has 0 saturated carbocycles. The number of piperazine rings is 1. The lowest BCUT2D eigenvalue weighted by Gasteiger charge is -2.36. The van der Waals surface area contributed by atoms with Crippen LogP contribution in [0.5, 0.6) is 0 Å². The summed E-state index contributed by atoms with van der Waals surface area (Å²) in [5, 5.41) is 3.33. The molecule has 1 N–H and O–H groups in total. The van der Waals surface area contributed by atoms with Crippen LogP contribution in [0.4, 0.5) is 10.1 Å². The Labute approximate surface area is 90.1 Å². The summed E-state index contributed by atoms with van der Waals surface area (Å²) in [4.78, 5) is 2.27. The van der Waals surface area contributed by atoms with Crippen LogP contribution in [-0.2, 0) is 0 Å². The average molecular weight is 208 g/mol. The molecule has 82 valence electrons. The number of rotatable bonds is 1. The predicted molar refractivity (Wildman–Crippen MR) is 60.8 cm³/mol. The molecule has 2 rings (SSSR count). The Morgan fingerprint density at radius 1 is 1.47 bits per heavy atom. The first-order valence-electron chi connectivity index (χ1n) is 5.42. The highest BCUT2D eigenvalue weighted by atomic mass is 19.1. The van der Waals surface area contributed by atoms with E-state index in [9.17, 15) is 4.39 Å². The number of hydrogen-bond donors (Lipinski definition) is 1. The average Bonchev–Trinajstić information content (AvgIpc) is 2.23. The number of nitrogens with zero attached hydrogens (tertiary/aromatic N) is 1. The fraction of sp³-hybridized carbons (Fsp3) is 0.500. The minimum Gasteiger partial charge on any atom is -0.366 e. The van der Waals surface area contributed by atoms with Crippen LogP contribution in [0.2, 0.25) is 0 Å². The predicted octanol–water partition coefficient (Wildman–Crippen LogP) is 1.93. The summed E-state index contributed by atoms with van der Waals surface area (Å²) >= 11 is 0. The summed E-state index contributed by atoms with van der Waals surface area (Å²) in [6, 6.07) is 5.43. The lowest BCUT2D eigenvalue weighted by Crippen LogP contribution is -2.50. The maximum absolute atomic E-state index is 13.2.